The van der Waals surface area contributed by atoms with Crippen LogP contribution in [0.3, 0.4) is 0 Å². The Morgan fingerprint density at radius 1 is 1.18 bits per heavy atom. The molecule has 0 atom stereocenters. The number of nitrogens with one attached hydrogen (secondary N) is 1. The summed E-state index contributed by atoms with van der Waals surface area (Å²) in [6.07, 6.45) is 2.68. The molecule has 168 valence electrons. The molecule has 8 nitrogen and oxygen atoms in total. The highest BCUT2D eigenvalue weighted by Gasteiger charge is 2.24. The van der Waals surface area contributed by atoms with Gasteiger partial charge >= 0.3 is 0 Å². The monoisotopic (exact) mass is 462 g/mol. The van der Waals surface area contributed by atoms with Gasteiger partial charge in [0, 0.05) is 45.0 Å². The number of halogens is 1. The van der Waals surface area contributed by atoms with Gasteiger partial charge in [-0.3, -0.25) is 0 Å². The molecule has 1 saturated heterocycles. The fourth-order valence-electron chi connectivity index (χ4n) is 4.03. The van der Waals surface area contributed by atoms with Gasteiger partial charge in [0.15, 0.2) is 10.8 Å². The second kappa shape index (κ2) is 8.77. The summed E-state index contributed by atoms with van der Waals surface area (Å²) in [5.74, 6) is 0.597. The largest absolute Gasteiger partial charge is 0.354 e. The van der Waals surface area contributed by atoms with Gasteiger partial charge in [-0.25, -0.2) is 18.9 Å². The number of fused-ring (bicyclic) bond motifs is 1. The Bertz CT molecular complexity index is 1330. The van der Waals surface area contributed by atoms with E-state index in [0.29, 0.717) is 21.3 Å². The molecule has 4 heterocycles. The number of piperazine rings is 1. The maximum atomic E-state index is 13.4. The SMILES string of the molecule is CCc1nn2ccc(N3CCNCC3)nc2c1N(C)c1nc(-c2ccc(F)cc2)c(C#N)s1. The zero-order chi connectivity index (χ0) is 22.9. The minimum Gasteiger partial charge on any atom is -0.354 e. The highest BCUT2D eigenvalue weighted by Crippen LogP contribution is 2.38. The maximum absolute atomic E-state index is 13.4. The Labute approximate surface area is 194 Å². The van der Waals surface area contributed by atoms with E-state index < -0.39 is 0 Å². The summed E-state index contributed by atoms with van der Waals surface area (Å²) in [4.78, 5) is 14.4. The van der Waals surface area contributed by atoms with Crippen LogP contribution in [-0.4, -0.2) is 52.8 Å². The van der Waals surface area contributed by atoms with Gasteiger partial charge in [0.05, 0.1) is 5.69 Å². The summed E-state index contributed by atoms with van der Waals surface area (Å²) in [6, 6.07) is 10.3. The fourth-order valence-corrected chi connectivity index (χ4v) is 4.89. The van der Waals surface area contributed by atoms with Gasteiger partial charge in [-0.05, 0) is 36.8 Å². The minimum atomic E-state index is -0.324. The first kappa shape index (κ1) is 21.3. The molecule has 0 aliphatic carbocycles. The number of aryl methyl sites for hydroxylation is 1. The van der Waals surface area contributed by atoms with Crippen LogP contribution in [0.15, 0.2) is 36.5 Å². The summed E-state index contributed by atoms with van der Waals surface area (Å²) in [5, 5.41) is 18.5. The van der Waals surface area contributed by atoms with Gasteiger partial charge in [0.25, 0.3) is 0 Å². The molecule has 1 aromatic carbocycles. The van der Waals surface area contributed by atoms with E-state index in [1.54, 1.807) is 16.6 Å². The predicted octanol–water partition coefficient (Wildman–Crippen LogP) is 3.60. The second-order valence-electron chi connectivity index (χ2n) is 7.79. The number of hydrogen-bond donors (Lipinski definition) is 1. The third-order valence-electron chi connectivity index (χ3n) is 5.75. The van der Waals surface area contributed by atoms with Crippen molar-refractivity contribution in [2.75, 3.05) is 43.0 Å². The Balaban J connectivity index is 1.58. The van der Waals surface area contributed by atoms with Gasteiger partial charge in [-0.1, -0.05) is 18.3 Å². The summed E-state index contributed by atoms with van der Waals surface area (Å²) >= 11 is 1.30. The van der Waals surface area contributed by atoms with Crippen molar-refractivity contribution in [1.29, 1.82) is 5.26 Å². The molecule has 0 radical (unpaired) electrons. The lowest BCUT2D eigenvalue weighted by Gasteiger charge is -2.28. The average Bonchev–Trinajstić information content (AvgIpc) is 3.46. The number of nitrogens with zero attached hydrogens (tertiary/aromatic N) is 7. The number of benzene rings is 1. The molecule has 0 bridgehead atoms. The van der Waals surface area contributed by atoms with Gasteiger partial charge in [0.1, 0.15) is 34.0 Å². The molecule has 1 aliphatic heterocycles. The Kier molecular flexibility index (Phi) is 5.66. The van der Waals surface area contributed by atoms with Crippen LogP contribution < -0.4 is 15.1 Å². The molecule has 33 heavy (non-hydrogen) atoms. The molecule has 10 heteroatoms. The second-order valence-corrected chi connectivity index (χ2v) is 8.77. The number of anilines is 3. The lowest BCUT2D eigenvalue weighted by molar-refractivity contribution is 0.585. The molecule has 0 amide bonds. The molecule has 4 aromatic rings. The third kappa shape index (κ3) is 3.90. The Morgan fingerprint density at radius 3 is 2.64 bits per heavy atom. The summed E-state index contributed by atoms with van der Waals surface area (Å²) in [7, 11) is 1.92. The van der Waals surface area contributed by atoms with E-state index in [2.05, 4.69) is 23.2 Å². The number of aromatic nitrogens is 4. The molecule has 0 saturated carbocycles. The molecule has 0 spiro atoms. The van der Waals surface area contributed by atoms with Crippen molar-refractivity contribution in [3.63, 3.8) is 0 Å². The smallest absolute Gasteiger partial charge is 0.191 e. The highest BCUT2D eigenvalue weighted by atomic mass is 32.1. The van der Waals surface area contributed by atoms with Gasteiger partial charge < -0.3 is 15.1 Å². The van der Waals surface area contributed by atoms with Crippen molar-refractivity contribution >= 4 is 33.6 Å². The van der Waals surface area contributed by atoms with Gasteiger partial charge in [-0.15, -0.1) is 0 Å². The molecule has 0 unspecified atom stereocenters. The number of hydrogen-bond acceptors (Lipinski definition) is 8. The lowest BCUT2D eigenvalue weighted by Crippen LogP contribution is -2.43. The molecule has 1 N–H and O–H groups in total. The molecule has 3 aromatic heterocycles. The van der Waals surface area contributed by atoms with Crippen LogP contribution in [0.1, 0.15) is 17.5 Å². The van der Waals surface area contributed by atoms with Crippen LogP contribution in [0, 0.1) is 17.1 Å². The third-order valence-corrected chi connectivity index (χ3v) is 6.79. The molecule has 1 aliphatic rings. The van der Waals surface area contributed by atoms with Crippen molar-refractivity contribution in [2.45, 2.75) is 13.3 Å². The van der Waals surface area contributed by atoms with Crippen molar-refractivity contribution in [3.8, 4) is 17.3 Å². The van der Waals surface area contributed by atoms with E-state index in [-0.39, 0.29) is 5.82 Å². The summed E-state index contributed by atoms with van der Waals surface area (Å²) in [6.45, 7) is 5.73. The van der Waals surface area contributed by atoms with Crippen LogP contribution in [-0.2, 0) is 6.42 Å². The zero-order valence-corrected chi connectivity index (χ0v) is 19.2. The summed E-state index contributed by atoms with van der Waals surface area (Å²) in [5.41, 5.74) is 3.78. The molecule has 1 fully saturated rings. The number of thiazole rings is 1. The lowest BCUT2D eigenvalue weighted by atomic mass is 10.1. The topological polar surface area (TPSA) is 85.4 Å². The van der Waals surface area contributed by atoms with Crippen molar-refractivity contribution in [2.24, 2.45) is 0 Å². The first-order valence-electron chi connectivity index (χ1n) is 10.8. The van der Waals surface area contributed by atoms with E-state index in [1.807, 2.05) is 24.2 Å². The predicted molar refractivity (Wildman–Crippen MR) is 128 cm³/mol. The fraction of sp³-hybridized carbons (Fsp3) is 0.304. The van der Waals surface area contributed by atoms with Crippen molar-refractivity contribution in [3.05, 3.63) is 52.9 Å². The van der Waals surface area contributed by atoms with Crippen LogP contribution >= 0.6 is 11.3 Å². The Morgan fingerprint density at radius 2 is 1.94 bits per heavy atom. The average molecular weight is 463 g/mol. The Hall–Kier alpha value is -3.55. The first-order chi connectivity index (χ1) is 16.1. The van der Waals surface area contributed by atoms with E-state index in [1.165, 1.54) is 23.5 Å². The summed E-state index contributed by atoms with van der Waals surface area (Å²) < 4.78 is 15.2. The van der Waals surface area contributed by atoms with Crippen LogP contribution in [0.25, 0.3) is 16.9 Å². The van der Waals surface area contributed by atoms with Crippen molar-refractivity contribution < 1.29 is 4.39 Å². The molecular formula is C23H23FN8S. The van der Waals surface area contributed by atoms with Crippen LogP contribution in [0.5, 0.6) is 0 Å². The van der Waals surface area contributed by atoms with Gasteiger partial charge in [0.2, 0.25) is 0 Å². The number of rotatable bonds is 5. The van der Waals surface area contributed by atoms with Gasteiger partial charge in [-0.2, -0.15) is 10.4 Å². The normalized spacial score (nSPS) is 13.9. The van der Waals surface area contributed by atoms with E-state index >= 15 is 0 Å². The highest BCUT2D eigenvalue weighted by molar-refractivity contribution is 7.16. The van der Waals surface area contributed by atoms with E-state index in [9.17, 15) is 9.65 Å². The molecular weight excluding hydrogens is 439 g/mol. The first-order valence-corrected chi connectivity index (χ1v) is 11.6. The standard InChI is InChI=1S/C23H23FN8S/c1-3-17-21(22-27-19(8-11-32(22)29-17)31-12-9-26-10-13-31)30(2)23-28-20(18(14-25)33-23)15-4-6-16(24)7-5-15/h4-8,11,26H,3,9-10,12-13H2,1-2H3. The zero-order valence-electron chi connectivity index (χ0n) is 18.4. The van der Waals surface area contributed by atoms with Crippen LogP contribution in [0.4, 0.5) is 21.0 Å². The van der Waals surface area contributed by atoms with E-state index in [4.69, 9.17) is 15.1 Å². The van der Waals surface area contributed by atoms with Crippen molar-refractivity contribution in [1.82, 2.24) is 24.9 Å². The minimum absolute atomic E-state index is 0.324. The molecule has 5 rings (SSSR count). The van der Waals surface area contributed by atoms with E-state index in [0.717, 1.165) is 55.4 Å². The quantitative estimate of drug-likeness (QED) is 0.485. The number of nitriles is 1. The maximum Gasteiger partial charge on any atom is 0.191 e. The van der Waals surface area contributed by atoms with Crippen LogP contribution in [0.2, 0.25) is 0 Å².